The van der Waals surface area contributed by atoms with Gasteiger partial charge in [0, 0.05) is 49.8 Å². The van der Waals surface area contributed by atoms with Crippen molar-refractivity contribution in [2.75, 3.05) is 26.3 Å². The van der Waals surface area contributed by atoms with Gasteiger partial charge >= 0.3 is 0 Å². The Morgan fingerprint density at radius 1 is 1.21 bits per heavy atom. The molecule has 24 heavy (non-hydrogen) atoms. The molecular weight excluding hydrogens is 304 g/mol. The van der Waals surface area contributed by atoms with E-state index >= 15 is 0 Å². The minimum atomic E-state index is 0.441. The molecule has 6 nitrogen and oxygen atoms in total. The Balaban J connectivity index is 1.52. The van der Waals surface area contributed by atoms with Crippen LogP contribution in [0.3, 0.4) is 0 Å². The van der Waals surface area contributed by atoms with Gasteiger partial charge < -0.3 is 9.26 Å². The third-order valence-corrected chi connectivity index (χ3v) is 5.29. The topological polar surface area (TPSA) is 64.3 Å². The second-order valence-corrected chi connectivity index (χ2v) is 6.82. The van der Waals surface area contributed by atoms with Gasteiger partial charge in [-0.3, -0.25) is 4.90 Å². The minimum Gasteiger partial charge on any atom is -0.381 e. The van der Waals surface area contributed by atoms with Gasteiger partial charge in [0.1, 0.15) is 12.1 Å². The summed E-state index contributed by atoms with van der Waals surface area (Å²) in [7, 11) is 0. The van der Waals surface area contributed by atoms with Crippen LogP contribution in [0.1, 0.15) is 46.3 Å². The van der Waals surface area contributed by atoms with Gasteiger partial charge in [-0.1, -0.05) is 5.16 Å². The van der Waals surface area contributed by atoms with Crippen molar-refractivity contribution in [2.24, 2.45) is 0 Å². The molecule has 0 radical (unpaired) electrons. The van der Waals surface area contributed by atoms with Gasteiger partial charge in [-0.05, 0) is 32.3 Å². The van der Waals surface area contributed by atoms with Gasteiger partial charge in [-0.25, -0.2) is 9.97 Å². The van der Waals surface area contributed by atoms with Crippen molar-refractivity contribution in [2.45, 2.75) is 45.6 Å². The van der Waals surface area contributed by atoms with E-state index in [1.54, 1.807) is 6.33 Å². The highest BCUT2D eigenvalue weighted by molar-refractivity contribution is 5.30. The van der Waals surface area contributed by atoms with Gasteiger partial charge in [0.05, 0.1) is 18.0 Å². The summed E-state index contributed by atoms with van der Waals surface area (Å²) in [5.41, 5.74) is 6.01. The zero-order chi connectivity index (χ0) is 16.5. The molecule has 128 valence electrons. The minimum absolute atomic E-state index is 0.441. The highest BCUT2D eigenvalue weighted by atomic mass is 16.5. The summed E-state index contributed by atoms with van der Waals surface area (Å²) in [5, 5.41) is 4.07. The predicted octanol–water partition coefficient (Wildman–Crippen LogP) is 2.19. The first-order chi connectivity index (χ1) is 11.7. The molecule has 2 aliphatic heterocycles. The van der Waals surface area contributed by atoms with Crippen LogP contribution in [0.4, 0.5) is 0 Å². The summed E-state index contributed by atoms with van der Waals surface area (Å²) in [5.74, 6) is 1.37. The number of aromatic nitrogens is 3. The van der Waals surface area contributed by atoms with E-state index in [9.17, 15) is 0 Å². The van der Waals surface area contributed by atoms with Crippen LogP contribution < -0.4 is 0 Å². The first-order valence-corrected chi connectivity index (χ1v) is 8.77. The number of fused-ring (bicyclic) bond motifs is 1. The fourth-order valence-corrected chi connectivity index (χ4v) is 3.81. The molecule has 4 heterocycles. The monoisotopic (exact) mass is 328 g/mol. The molecule has 4 rings (SSSR count). The molecule has 2 aromatic heterocycles. The number of aryl methyl sites for hydroxylation is 2. The van der Waals surface area contributed by atoms with E-state index in [2.05, 4.69) is 20.0 Å². The molecule has 2 aromatic rings. The molecule has 2 aliphatic rings. The Morgan fingerprint density at radius 2 is 2.08 bits per heavy atom. The van der Waals surface area contributed by atoms with Crippen molar-refractivity contribution >= 4 is 0 Å². The standard InChI is InChI=1S/C18H24N4O2/c1-12-16(13(2)24-21-12)9-22-6-3-15-17(4-7-22)19-11-20-18(15)14-5-8-23-10-14/h11,14H,3-10H2,1-2H3/t14-/m1/s1. The smallest absolute Gasteiger partial charge is 0.138 e. The lowest BCUT2D eigenvalue weighted by Crippen LogP contribution is -2.26. The van der Waals surface area contributed by atoms with Gasteiger partial charge in [-0.2, -0.15) is 0 Å². The SMILES string of the molecule is Cc1noc(C)c1CN1CCc2ncnc([C@@H]3CCOC3)c2CC1. The van der Waals surface area contributed by atoms with Gasteiger partial charge in [0.25, 0.3) is 0 Å². The van der Waals surface area contributed by atoms with Crippen molar-refractivity contribution in [3.63, 3.8) is 0 Å². The molecule has 0 aromatic carbocycles. The van der Waals surface area contributed by atoms with Crippen LogP contribution in [0.25, 0.3) is 0 Å². The van der Waals surface area contributed by atoms with Crippen LogP contribution in [0.15, 0.2) is 10.9 Å². The first-order valence-electron chi connectivity index (χ1n) is 8.77. The lowest BCUT2D eigenvalue weighted by Gasteiger charge is -2.19. The number of nitrogens with zero attached hydrogens (tertiary/aromatic N) is 4. The second kappa shape index (κ2) is 6.61. The largest absolute Gasteiger partial charge is 0.381 e. The van der Waals surface area contributed by atoms with E-state index < -0.39 is 0 Å². The molecule has 0 saturated carbocycles. The van der Waals surface area contributed by atoms with Gasteiger partial charge in [0.2, 0.25) is 0 Å². The molecule has 6 heteroatoms. The quantitative estimate of drug-likeness (QED) is 0.860. The van der Waals surface area contributed by atoms with E-state index in [1.165, 1.54) is 22.5 Å². The molecule has 0 unspecified atom stereocenters. The summed E-state index contributed by atoms with van der Waals surface area (Å²) in [6, 6.07) is 0. The van der Waals surface area contributed by atoms with Crippen molar-refractivity contribution in [3.05, 3.63) is 40.3 Å². The van der Waals surface area contributed by atoms with E-state index in [1.807, 2.05) is 13.8 Å². The summed E-state index contributed by atoms with van der Waals surface area (Å²) in [6.07, 6.45) is 4.79. The second-order valence-electron chi connectivity index (χ2n) is 6.82. The maximum Gasteiger partial charge on any atom is 0.138 e. The molecule has 0 aliphatic carbocycles. The summed E-state index contributed by atoms with van der Waals surface area (Å²) in [4.78, 5) is 11.7. The summed E-state index contributed by atoms with van der Waals surface area (Å²) < 4.78 is 10.9. The van der Waals surface area contributed by atoms with E-state index in [4.69, 9.17) is 9.26 Å². The molecule has 1 atom stereocenters. The highest BCUT2D eigenvalue weighted by Gasteiger charge is 2.26. The highest BCUT2D eigenvalue weighted by Crippen LogP contribution is 2.29. The first kappa shape index (κ1) is 15.7. The van der Waals surface area contributed by atoms with Crippen LogP contribution in [0.2, 0.25) is 0 Å². The van der Waals surface area contributed by atoms with Gasteiger partial charge in [0.15, 0.2) is 0 Å². The fourth-order valence-electron chi connectivity index (χ4n) is 3.81. The number of ether oxygens (including phenoxy) is 1. The molecule has 1 fully saturated rings. The maximum absolute atomic E-state index is 5.56. The van der Waals surface area contributed by atoms with Crippen molar-refractivity contribution < 1.29 is 9.26 Å². The third kappa shape index (κ3) is 2.96. The van der Waals surface area contributed by atoms with Crippen LogP contribution >= 0.6 is 0 Å². The van der Waals surface area contributed by atoms with E-state index in [-0.39, 0.29) is 0 Å². The van der Waals surface area contributed by atoms with Crippen LogP contribution in [-0.4, -0.2) is 46.3 Å². The number of hydrogen-bond donors (Lipinski definition) is 0. The fraction of sp³-hybridized carbons (Fsp3) is 0.611. The van der Waals surface area contributed by atoms with E-state index in [0.717, 1.165) is 63.6 Å². The Bertz CT molecular complexity index is 702. The van der Waals surface area contributed by atoms with Gasteiger partial charge in [-0.15, -0.1) is 0 Å². The summed E-state index contributed by atoms with van der Waals surface area (Å²) in [6.45, 7) is 8.58. The normalized spacial score (nSPS) is 21.7. The average molecular weight is 328 g/mol. The number of hydrogen-bond acceptors (Lipinski definition) is 6. The zero-order valence-corrected chi connectivity index (χ0v) is 14.4. The van der Waals surface area contributed by atoms with E-state index in [0.29, 0.717) is 5.92 Å². The Kier molecular flexibility index (Phi) is 4.33. The molecule has 0 amide bonds. The van der Waals surface area contributed by atoms with Crippen LogP contribution in [-0.2, 0) is 24.1 Å². The maximum atomic E-state index is 5.56. The molecule has 0 spiro atoms. The zero-order valence-electron chi connectivity index (χ0n) is 14.4. The Morgan fingerprint density at radius 3 is 2.83 bits per heavy atom. The van der Waals surface area contributed by atoms with Crippen molar-refractivity contribution in [1.82, 2.24) is 20.0 Å². The number of rotatable bonds is 3. The molecule has 0 bridgehead atoms. The lowest BCUT2D eigenvalue weighted by atomic mass is 9.96. The molecule has 1 saturated heterocycles. The predicted molar refractivity (Wildman–Crippen MR) is 88.9 cm³/mol. The molecule has 0 N–H and O–H groups in total. The van der Waals surface area contributed by atoms with Crippen LogP contribution in [0.5, 0.6) is 0 Å². The third-order valence-electron chi connectivity index (χ3n) is 5.29. The molecular formula is C18H24N4O2. The Labute approximate surface area is 142 Å². The van der Waals surface area contributed by atoms with Crippen LogP contribution in [0, 0.1) is 13.8 Å². The Hall–Kier alpha value is -1.79. The van der Waals surface area contributed by atoms with Crippen molar-refractivity contribution in [1.29, 1.82) is 0 Å². The van der Waals surface area contributed by atoms with Crippen molar-refractivity contribution in [3.8, 4) is 0 Å². The summed E-state index contributed by atoms with van der Waals surface area (Å²) >= 11 is 0. The lowest BCUT2D eigenvalue weighted by molar-refractivity contribution is 0.193. The average Bonchev–Trinajstić information content (AvgIpc) is 3.17.